The molecule has 2 aliphatic heterocycles. The molecule has 2 heterocycles. The van der Waals surface area contributed by atoms with E-state index in [2.05, 4.69) is 17.3 Å². The quantitative estimate of drug-likeness (QED) is 0.713. The van der Waals surface area contributed by atoms with E-state index in [9.17, 15) is 4.79 Å². The summed E-state index contributed by atoms with van der Waals surface area (Å²) in [6.07, 6.45) is 3.08. The highest BCUT2D eigenvalue weighted by Gasteiger charge is 2.28. The highest BCUT2D eigenvalue weighted by atomic mass is 16.1. The van der Waals surface area contributed by atoms with Crippen molar-refractivity contribution in [1.29, 1.82) is 0 Å². The van der Waals surface area contributed by atoms with E-state index in [-0.39, 0.29) is 0 Å². The van der Waals surface area contributed by atoms with Crippen LogP contribution in [0.4, 0.5) is 0 Å². The summed E-state index contributed by atoms with van der Waals surface area (Å²) >= 11 is 0. The Balaban J connectivity index is 1.77. The van der Waals surface area contributed by atoms with Crippen molar-refractivity contribution in [3.8, 4) is 0 Å². The Morgan fingerprint density at radius 3 is 2.93 bits per heavy atom. The third-order valence-electron chi connectivity index (χ3n) is 3.50. The van der Waals surface area contributed by atoms with Gasteiger partial charge in [-0.05, 0) is 45.4 Å². The van der Waals surface area contributed by atoms with Crippen molar-refractivity contribution in [2.45, 2.75) is 19.3 Å². The number of likely N-dealkylation sites (tertiary alicyclic amines) is 1. The van der Waals surface area contributed by atoms with Gasteiger partial charge >= 0.3 is 0 Å². The predicted octanol–water partition coefficient (Wildman–Crippen LogP) is 0.507. The van der Waals surface area contributed by atoms with Gasteiger partial charge in [0.25, 0.3) is 0 Å². The maximum absolute atomic E-state index is 11.9. The molecular formula is C11H20N2O. The Morgan fingerprint density at radius 2 is 2.36 bits per heavy atom. The molecule has 1 N–H and O–H groups in total. The summed E-state index contributed by atoms with van der Waals surface area (Å²) in [7, 11) is 2.10. The molecule has 0 saturated carbocycles. The molecule has 2 atom stereocenters. The third kappa shape index (κ3) is 2.34. The van der Waals surface area contributed by atoms with Crippen molar-refractivity contribution in [3.05, 3.63) is 0 Å². The van der Waals surface area contributed by atoms with Crippen LogP contribution in [0.15, 0.2) is 0 Å². The first-order valence-electron chi connectivity index (χ1n) is 5.67. The van der Waals surface area contributed by atoms with E-state index in [1.54, 1.807) is 0 Å². The number of carbonyl (C=O) groups excluding carboxylic acids is 1. The molecule has 2 saturated heterocycles. The number of hydrogen-bond donors (Lipinski definition) is 1. The van der Waals surface area contributed by atoms with Gasteiger partial charge in [0.05, 0.1) is 0 Å². The van der Waals surface area contributed by atoms with Gasteiger partial charge in [-0.3, -0.25) is 4.79 Å². The molecule has 2 fully saturated rings. The highest BCUT2D eigenvalue weighted by Crippen LogP contribution is 2.21. The second-order valence-electron chi connectivity index (χ2n) is 4.78. The van der Waals surface area contributed by atoms with Crippen LogP contribution < -0.4 is 5.32 Å². The number of nitrogens with one attached hydrogen (secondary N) is 1. The predicted molar refractivity (Wildman–Crippen MR) is 56.2 cm³/mol. The maximum atomic E-state index is 11.9. The molecule has 2 unspecified atom stereocenters. The van der Waals surface area contributed by atoms with Crippen molar-refractivity contribution in [2.75, 3.05) is 33.2 Å². The van der Waals surface area contributed by atoms with Gasteiger partial charge in [-0.25, -0.2) is 0 Å². The monoisotopic (exact) mass is 196 g/mol. The lowest BCUT2D eigenvalue weighted by atomic mass is 9.93. The Labute approximate surface area is 85.8 Å². The molecule has 80 valence electrons. The minimum Gasteiger partial charge on any atom is -0.316 e. The molecule has 3 nitrogen and oxygen atoms in total. The van der Waals surface area contributed by atoms with Gasteiger partial charge in [-0.2, -0.15) is 0 Å². The summed E-state index contributed by atoms with van der Waals surface area (Å²) in [6, 6.07) is 0. The van der Waals surface area contributed by atoms with E-state index in [0.717, 1.165) is 39.0 Å². The number of carbonyl (C=O) groups is 1. The van der Waals surface area contributed by atoms with Gasteiger partial charge in [0, 0.05) is 18.9 Å². The van der Waals surface area contributed by atoms with Crippen LogP contribution in [-0.2, 0) is 4.79 Å². The molecule has 2 aliphatic rings. The van der Waals surface area contributed by atoms with Gasteiger partial charge < -0.3 is 10.2 Å². The average molecular weight is 196 g/mol. The van der Waals surface area contributed by atoms with Crippen LogP contribution in [0.1, 0.15) is 19.3 Å². The molecule has 0 radical (unpaired) electrons. The van der Waals surface area contributed by atoms with E-state index in [0.29, 0.717) is 17.6 Å². The largest absolute Gasteiger partial charge is 0.316 e. The SMILES string of the molecule is CN1CCC(C(=O)CC2CCNC2)C1. The molecule has 0 amide bonds. The lowest BCUT2D eigenvalue weighted by molar-refractivity contribution is -0.123. The first kappa shape index (κ1) is 10.1. The molecule has 0 aromatic heterocycles. The van der Waals surface area contributed by atoms with Crippen molar-refractivity contribution in [1.82, 2.24) is 10.2 Å². The van der Waals surface area contributed by atoms with Crippen molar-refractivity contribution in [3.63, 3.8) is 0 Å². The maximum Gasteiger partial charge on any atom is 0.137 e. The molecule has 0 spiro atoms. The van der Waals surface area contributed by atoms with Gasteiger partial charge in [0.15, 0.2) is 0 Å². The van der Waals surface area contributed by atoms with Crippen LogP contribution >= 0.6 is 0 Å². The van der Waals surface area contributed by atoms with Gasteiger partial charge in [0.1, 0.15) is 5.78 Å². The molecule has 0 aliphatic carbocycles. The zero-order chi connectivity index (χ0) is 9.97. The highest BCUT2D eigenvalue weighted by molar-refractivity contribution is 5.81. The van der Waals surface area contributed by atoms with E-state index < -0.39 is 0 Å². The lowest BCUT2D eigenvalue weighted by Crippen LogP contribution is -2.22. The lowest BCUT2D eigenvalue weighted by Gasteiger charge is -2.12. The fourth-order valence-electron chi connectivity index (χ4n) is 2.54. The summed E-state index contributed by atoms with van der Waals surface area (Å²) in [6.45, 7) is 4.23. The molecule has 0 aromatic rings. The second kappa shape index (κ2) is 4.41. The van der Waals surface area contributed by atoms with Crippen LogP contribution in [0.2, 0.25) is 0 Å². The Morgan fingerprint density at radius 1 is 1.50 bits per heavy atom. The second-order valence-corrected chi connectivity index (χ2v) is 4.78. The number of nitrogens with zero attached hydrogens (tertiary/aromatic N) is 1. The first-order valence-corrected chi connectivity index (χ1v) is 5.67. The Kier molecular flexibility index (Phi) is 3.19. The molecular weight excluding hydrogens is 176 g/mol. The Hall–Kier alpha value is -0.410. The van der Waals surface area contributed by atoms with Crippen molar-refractivity contribution >= 4 is 5.78 Å². The summed E-state index contributed by atoms with van der Waals surface area (Å²) in [5.41, 5.74) is 0. The van der Waals surface area contributed by atoms with Crippen molar-refractivity contribution in [2.24, 2.45) is 11.8 Å². The molecule has 0 aromatic carbocycles. The topological polar surface area (TPSA) is 32.3 Å². The van der Waals surface area contributed by atoms with E-state index in [1.165, 1.54) is 6.42 Å². The molecule has 14 heavy (non-hydrogen) atoms. The van der Waals surface area contributed by atoms with Gasteiger partial charge in [-0.15, -0.1) is 0 Å². The third-order valence-corrected chi connectivity index (χ3v) is 3.50. The van der Waals surface area contributed by atoms with Crippen LogP contribution in [0.5, 0.6) is 0 Å². The summed E-state index contributed by atoms with van der Waals surface area (Å²) in [5, 5.41) is 3.31. The van der Waals surface area contributed by atoms with Crippen LogP contribution in [-0.4, -0.2) is 43.9 Å². The Bertz CT molecular complexity index is 211. The average Bonchev–Trinajstić information content (AvgIpc) is 2.75. The fraction of sp³-hybridized carbons (Fsp3) is 0.909. The minimum atomic E-state index is 0.334. The molecule has 2 rings (SSSR count). The summed E-state index contributed by atoms with van der Waals surface area (Å²) < 4.78 is 0. The van der Waals surface area contributed by atoms with E-state index in [4.69, 9.17) is 0 Å². The zero-order valence-electron chi connectivity index (χ0n) is 8.96. The first-order chi connectivity index (χ1) is 6.75. The number of ketones is 1. The standard InChI is InChI=1S/C11H20N2O/c1-13-5-3-10(8-13)11(14)6-9-2-4-12-7-9/h9-10,12H,2-8H2,1H3. The fourth-order valence-corrected chi connectivity index (χ4v) is 2.54. The van der Waals surface area contributed by atoms with Crippen LogP contribution in [0.25, 0.3) is 0 Å². The summed E-state index contributed by atoms with van der Waals surface area (Å²) in [5.74, 6) is 1.46. The molecule has 0 bridgehead atoms. The van der Waals surface area contributed by atoms with Crippen molar-refractivity contribution < 1.29 is 4.79 Å². The smallest absolute Gasteiger partial charge is 0.137 e. The number of rotatable bonds is 3. The minimum absolute atomic E-state index is 0.334. The van der Waals surface area contributed by atoms with E-state index >= 15 is 0 Å². The normalized spacial score (nSPS) is 33.8. The van der Waals surface area contributed by atoms with Crippen LogP contribution in [0, 0.1) is 11.8 Å². The zero-order valence-corrected chi connectivity index (χ0v) is 8.96. The van der Waals surface area contributed by atoms with Gasteiger partial charge in [0.2, 0.25) is 0 Å². The van der Waals surface area contributed by atoms with E-state index in [1.807, 2.05) is 0 Å². The number of hydrogen-bond acceptors (Lipinski definition) is 3. The molecule has 3 heteroatoms. The van der Waals surface area contributed by atoms with Crippen LogP contribution in [0.3, 0.4) is 0 Å². The number of Topliss-reactive ketones (excluding diaryl/α,β-unsaturated/α-hetero) is 1. The summed E-state index contributed by atoms with van der Waals surface area (Å²) in [4.78, 5) is 14.2. The van der Waals surface area contributed by atoms with Gasteiger partial charge in [-0.1, -0.05) is 0 Å².